The fraction of sp³-hybridized carbons (Fsp3) is 0.533. The molecule has 0 bridgehead atoms. The molecule has 1 aromatic carbocycles. The summed E-state index contributed by atoms with van der Waals surface area (Å²) in [6, 6.07) is 3.19. The highest BCUT2D eigenvalue weighted by molar-refractivity contribution is 5.73. The number of benzene rings is 1. The van der Waals surface area contributed by atoms with Gasteiger partial charge in [0.25, 0.3) is 0 Å². The van der Waals surface area contributed by atoms with E-state index in [2.05, 4.69) is 4.90 Å². The van der Waals surface area contributed by atoms with Crippen LogP contribution in [0.25, 0.3) is 0 Å². The second kappa shape index (κ2) is 5.79. The summed E-state index contributed by atoms with van der Waals surface area (Å²) >= 11 is 0. The maximum Gasteiger partial charge on any atom is 0.219 e. The van der Waals surface area contributed by atoms with Crippen molar-refractivity contribution in [3.8, 4) is 0 Å². The van der Waals surface area contributed by atoms with Gasteiger partial charge in [-0.15, -0.1) is 0 Å². The average molecular weight is 280 g/mol. The third kappa shape index (κ3) is 2.93. The second-order valence-corrected chi connectivity index (χ2v) is 5.33. The first-order valence-electron chi connectivity index (χ1n) is 6.88. The molecule has 1 aliphatic rings. The van der Waals surface area contributed by atoms with E-state index < -0.39 is 6.10 Å². The lowest BCUT2D eigenvalue weighted by Gasteiger charge is -2.37. The van der Waals surface area contributed by atoms with Gasteiger partial charge in [0.15, 0.2) is 0 Å². The lowest BCUT2D eigenvalue weighted by atomic mass is 10.0. The van der Waals surface area contributed by atoms with E-state index in [0.717, 1.165) is 5.69 Å². The molecule has 1 aromatic rings. The largest absolute Gasteiger partial charge is 0.389 e. The minimum absolute atomic E-state index is 0.0793. The molecule has 1 heterocycles. The molecular weight excluding hydrogens is 259 g/mol. The Bertz CT molecular complexity index is 509. The lowest BCUT2D eigenvalue weighted by molar-refractivity contribution is -0.129. The molecule has 5 heteroatoms. The van der Waals surface area contributed by atoms with Crippen LogP contribution in [0.5, 0.6) is 0 Å². The van der Waals surface area contributed by atoms with Crippen LogP contribution in [0.4, 0.5) is 10.1 Å². The Hall–Kier alpha value is -1.62. The highest BCUT2D eigenvalue weighted by Crippen LogP contribution is 2.30. The van der Waals surface area contributed by atoms with Crippen molar-refractivity contribution in [3.05, 3.63) is 29.1 Å². The number of amides is 1. The third-order valence-corrected chi connectivity index (χ3v) is 3.82. The Kier molecular flexibility index (Phi) is 4.28. The van der Waals surface area contributed by atoms with E-state index in [-0.39, 0.29) is 11.7 Å². The third-order valence-electron chi connectivity index (χ3n) is 3.82. The highest BCUT2D eigenvalue weighted by Gasteiger charge is 2.22. The summed E-state index contributed by atoms with van der Waals surface area (Å²) in [7, 11) is 0. The molecule has 1 N–H and O–H groups in total. The van der Waals surface area contributed by atoms with Gasteiger partial charge in [0.1, 0.15) is 5.82 Å². The van der Waals surface area contributed by atoms with Crippen LogP contribution in [0.15, 0.2) is 12.1 Å². The number of aliphatic hydroxyl groups is 1. The van der Waals surface area contributed by atoms with E-state index in [1.54, 1.807) is 31.7 Å². The van der Waals surface area contributed by atoms with Crippen molar-refractivity contribution in [3.63, 3.8) is 0 Å². The predicted molar refractivity (Wildman–Crippen MR) is 76.2 cm³/mol. The number of piperazine rings is 1. The summed E-state index contributed by atoms with van der Waals surface area (Å²) in [6.45, 7) is 7.64. The van der Waals surface area contributed by atoms with Gasteiger partial charge in [-0.25, -0.2) is 4.39 Å². The molecule has 20 heavy (non-hydrogen) atoms. The van der Waals surface area contributed by atoms with Crippen molar-refractivity contribution >= 4 is 11.6 Å². The fourth-order valence-electron chi connectivity index (χ4n) is 2.55. The molecule has 1 amide bonds. The van der Waals surface area contributed by atoms with Gasteiger partial charge in [-0.2, -0.15) is 0 Å². The van der Waals surface area contributed by atoms with E-state index in [9.17, 15) is 14.3 Å². The van der Waals surface area contributed by atoms with Crippen molar-refractivity contribution in [2.75, 3.05) is 31.1 Å². The molecular formula is C15H21FN2O2. The number of rotatable bonds is 2. The molecule has 1 aliphatic heterocycles. The van der Waals surface area contributed by atoms with Gasteiger partial charge in [-0.1, -0.05) is 0 Å². The zero-order valence-electron chi connectivity index (χ0n) is 12.2. The summed E-state index contributed by atoms with van der Waals surface area (Å²) in [4.78, 5) is 15.2. The van der Waals surface area contributed by atoms with Gasteiger partial charge < -0.3 is 14.9 Å². The van der Waals surface area contributed by atoms with Crippen molar-refractivity contribution in [1.82, 2.24) is 4.90 Å². The van der Waals surface area contributed by atoms with E-state index in [1.807, 2.05) is 0 Å². The quantitative estimate of drug-likeness (QED) is 0.899. The summed E-state index contributed by atoms with van der Waals surface area (Å²) < 4.78 is 13.7. The average Bonchev–Trinajstić information content (AvgIpc) is 2.41. The first kappa shape index (κ1) is 14.8. The predicted octanol–water partition coefficient (Wildman–Crippen LogP) is 1.86. The monoisotopic (exact) mass is 280 g/mol. The number of aryl methyl sites for hydroxylation is 1. The fourth-order valence-corrected chi connectivity index (χ4v) is 2.55. The van der Waals surface area contributed by atoms with Crippen LogP contribution >= 0.6 is 0 Å². The molecule has 1 saturated heterocycles. The van der Waals surface area contributed by atoms with Crippen LogP contribution in [-0.4, -0.2) is 42.1 Å². The van der Waals surface area contributed by atoms with E-state index in [4.69, 9.17) is 0 Å². The van der Waals surface area contributed by atoms with Crippen molar-refractivity contribution in [2.45, 2.75) is 26.9 Å². The van der Waals surface area contributed by atoms with Gasteiger partial charge in [-0.05, 0) is 31.5 Å². The first-order chi connectivity index (χ1) is 9.40. The Morgan fingerprint density at radius 2 is 1.90 bits per heavy atom. The Morgan fingerprint density at radius 1 is 1.30 bits per heavy atom. The Labute approximate surface area is 118 Å². The molecule has 2 rings (SSSR count). The maximum atomic E-state index is 13.7. The van der Waals surface area contributed by atoms with Gasteiger partial charge in [0, 0.05) is 44.4 Å². The molecule has 1 atom stereocenters. The minimum atomic E-state index is -0.717. The summed E-state index contributed by atoms with van der Waals surface area (Å²) in [6.07, 6.45) is -0.717. The highest BCUT2D eigenvalue weighted by atomic mass is 19.1. The molecule has 0 radical (unpaired) electrons. The standard InChI is InChI=1S/C15H21FN2O2/c1-10-8-15(13(11(2)19)9-14(10)16)18-6-4-17(5-7-18)12(3)20/h8-9,11,19H,4-7H2,1-3H3. The molecule has 0 spiro atoms. The molecule has 1 unspecified atom stereocenters. The van der Waals surface area contributed by atoms with Gasteiger partial charge in [0.2, 0.25) is 5.91 Å². The summed E-state index contributed by atoms with van der Waals surface area (Å²) in [5.74, 6) is -0.220. The van der Waals surface area contributed by atoms with E-state index >= 15 is 0 Å². The maximum absolute atomic E-state index is 13.7. The normalized spacial score (nSPS) is 17.2. The van der Waals surface area contributed by atoms with E-state index in [0.29, 0.717) is 37.3 Å². The Balaban J connectivity index is 2.25. The van der Waals surface area contributed by atoms with Crippen molar-refractivity contribution < 1.29 is 14.3 Å². The second-order valence-electron chi connectivity index (χ2n) is 5.33. The minimum Gasteiger partial charge on any atom is -0.389 e. The van der Waals surface area contributed by atoms with Gasteiger partial charge >= 0.3 is 0 Å². The molecule has 4 nitrogen and oxygen atoms in total. The van der Waals surface area contributed by atoms with E-state index in [1.165, 1.54) is 6.07 Å². The van der Waals surface area contributed by atoms with Crippen LogP contribution in [0.1, 0.15) is 31.1 Å². The number of aliphatic hydroxyl groups excluding tert-OH is 1. The zero-order valence-corrected chi connectivity index (χ0v) is 12.2. The molecule has 1 fully saturated rings. The van der Waals surface area contributed by atoms with Crippen LogP contribution in [0, 0.1) is 12.7 Å². The van der Waals surface area contributed by atoms with Gasteiger partial charge in [-0.3, -0.25) is 4.79 Å². The van der Waals surface area contributed by atoms with Crippen LogP contribution in [0.2, 0.25) is 0 Å². The number of anilines is 1. The first-order valence-corrected chi connectivity index (χ1v) is 6.88. The smallest absolute Gasteiger partial charge is 0.219 e. The van der Waals surface area contributed by atoms with Crippen LogP contribution in [0.3, 0.4) is 0 Å². The molecule has 0 saturated carbocycles. The topological polar surface area (TPSA) is 43.8 Å². The molecule has 0 aromatic heterocycles. The number of carbonyl (C=O) groups is 1. The molecule has 110 valence electrons. The molecule has 0 aliphatic carbocycles. The van der Waals surface area contributed by atoms with Crippen molar-refractivity contribution in [2.24, 2.45) is 0 Å². The summed E-state index contributed by atoms with van der Waals surface area (Å²) in [5.41, 5.74) is 2.03. The SMILES string of the molecule is CC(=O)N1CCN(c2cc(C)c(F)cc2C(C)O)CC1. The van der Waals surface area contributed by atoms with Gasteiger partial charge in [0.05, 0.1) is 6.10 Å². The number of nitrogens with zero attached hydrogens (tertiary/aromatic N) is 2. The lowest BCUT2D eigenvalue weighted by Crippen LogP contribution is -2.48. The number of carbonyl (C=O) groups excluding carboxylic acids is 1. The number of hydrogen-bond acceptors (Lipinski definition) is 3. The van der Waals surface area contributed by atoms with Crippen LogP contribution < -0.4 is 4.90 Å². The number of halogens is 1. The zero-order chi connectivity index (χ0) is 14.9. The van der Waals surface area contributed by atoms with Crippen LogP contribution in [-0.2, 0) is 4.79 Å². The summed E-state index contributed by atoms with van der Waals surface area (Å²) in [5, 5.41) is 9.83. The number of hydrogen-bond donors (Lipinski definition) is 1. The Morgan fingerprint density at radius 3 is 2.40 bits per heavy atom. The van der Waals surface area contributed by atoms with Crippen molar-refractivity contribution in [1.29, 1.82) is 0 Å².